The Kier molecular flexibility index (Phi) is 7.05. The zero-order chi connectivity index (χ0) is 15.1. The monoisotopic (exact) mass is 353 g/mol. The molecule has 0 bridgehead atoms. The number of halogens is 1. The van der Waals surface area contributed by atoms with E-state index in [9.17, 15) is 0 Å². The number of ether oxygens (including phenoxy) is 1. The Labute approximate surface area is 137 Å². The maximum Gasteiger partial charge on any atom is 0.138 e. The van der Waals surface area contributed by atoms with Crippen LogP contribution < -0.4 is 10.1 Å². The third-order valence-electron chi connectivity index (χ3n) is 4.42. The summed E-state index contributed by atoms with van der Waals surface area (Å²) in [5.41, 5.74) is 1.26. The van der Waals surface area contributed by atoms with Crippen molar-refractivity contribution in [3.63, 3.8) is 0 Å². The lowest BCUT2D eigenvalue weighted by Gasteiger charge is -2.32. The number of hydrogen-bond acceptors (Lipinski definition) is 2. The highest BCUT2D eigenvalue weighted by molar-refractivity contribution is 9.10. The number of para-hydroxylation sites is 1. The van der Waals surface area contributed by atoms with Crippen LogP contribution in [0.25, 0.3) is 0 Å². The molecule has 1 saturated carbocycles. The van der Waals surface area contributed by atoms with Crippen molar-refractivity contribution in [2.24, 2.45) is 5.92 Å². The molecule has 1 aliphatic rings. The molecular weight excluding hydrogens is 326 g/mol. The van der Waals surface area contributed by atoms with E-state index >= 15 is 0 Å². The minimum Gasteiger partial charge on any atom is -0.489 e. The number of nitrogens with one attached hydrogen (secondary N) is 1. The first-order valence-corrected chi connectivity index (χ1v) is 9.20. The van der Waals surface area contributed by atoms with Crippen LogP contribution in [0.3, 0.4) is 0 Å². The highest BCUT2D eigenvalue weighted by atomic mass is 79.9. The van der Waals surface area contributed by atoms with Gasteiger partial charge in [0.15, 0.2) is 0 Å². The quantitative estimate of drug-likeness (QED) is 0.671. The second kappa shape index (κ2) is 8.79. The highest BCUT2D eigenvalue weighted by Gasteiger charge is 2.26. The average molecular weight is 354 g/mol. The van der Waals surface area contributed by atoms with Crippen molar-refractivity contribution in [1.29, 1.82) is 0 Å². The molecule has 0 aromatic heterocycles. The molecule has 1 aliphatic carbocycles. The Hall–Kier alpha value is -0.540. The van der Waals surface area contributed by atoms with Gasteiger partial charge in [0, 0.05) is 12.1 Å². The molecule has 0 saturated heterocycles. The minimum atomic E-state index is 0.382. The molecule has 0 aliphatic heterocycles. The summed E-state index contributed by atoms with van der Waals surface area (Å²) in [4.78, 5) is 0. The Morgan fingerprint density at radius 3 is 2.81 bits per heavy atom. The summed E-state index contributed by atoms with van der Waals surface area (Å²) in [6.45, 7) is 6.41. The zero-order valence-electron chi connectivity index (χ0n) is 13.3. The molecule has 2 atom stereocenters. The third kappa shape index (κ3) is 4.72. The van der Waals surface area contributed by atoms with Gasteiger partial charge in [-0.1, -0.05) is 32.4 Å². The van der Waals surface area contributed by atoms with E-state index in [2.05, 4.69) is 53.3 Å². The second-order valence-electron chi connectivity index (χ2n) is 6.01. The van der Waals surface area contributed by atoms with Crippen molar-refractivity contribution in [3.8, 4) is 5.75 Å². The Balaban J connectivity index is 2.09. The molecule has 3 heteroatoms. The van der Waals surface area contributed by atoms with Gasteiger partial charge in [-0.05, 0) is 66.6 Å². The highest BCUT2D eigenvalue weighted by Crippen LogP contribution is 2.35. The van der Waals surface area contributed by atoms with Crippen molar-refractivity contribution < 1.29 is 4.74 Å². The molecule has 0 radical (unpaired) electrons. The van der Waals surface area contributed by atoms with E-state index in [0.29, 0.717) is 12.0 Å². The third-order valence-corrected chi connectivity index (χ3v) is 5.05. The maximum atomic E-state index is 6.46. The van der Waals surface area contributed by atoms with Crippen LogP contribution in [0.5, 0.6) is 5.75 Å². The molecule has 2 rings (SSSR count). The fraction of sp³-hybridized carbons (Fsp3) is 0.667. The second-order valence-corrected chi connectivity index (χ2v) is 6.87. The molecular formula is C18H28BrNO. The molecule has 1 fully saturated rings. The van der Waals surface area contributed by atoms with Gasteiger partial charge in [-0.3, -0.25) is 0 Å². The summed E-state index contributed by atoms with van der Waals surface area (Å²) < 4.78 is 7.55. The molecule has 0 heterocycles. The van der Waals surface area contributed by atoms with E-state index in [1.165, 1.54) is 37.7 Å². The molecule has 0 amide bonds. The molecule has 118 valence electrons. The van der Waals surface area contributed by atoms with Gasteiger partial charge < -0.3 is 10.1 Å². The first-order chi connectivity index (χ1) is 10.3. The topological polar surface area (TPSA) is 21.3 Å². The van der Waals surface area contributed by atoms with Crippen LogP contribution in [0.15, 0.2) is 22.7 Å². The normalized spacial score (nSPS) is 22.2. The van der Waals surface area contributed by atoms with Gasteiger partial charge in [-0.15, -0.1) is 0 Å². The lowest BCUT2D eigenvalue weighted by molar-refractivity contribution is 0.0885. The van der Waals surface area contributed by atoms with Gasteiger partial charge >= 0.3 is 0 Å². The first kappa shape index (κ1) is 16.8. The van der Waals surface area contributed by atoms with Crippen LogP contribution in [0.4, 0.5) is 0 Å². The molecule has 2 unspecified atom stereocenters. The van der Waals surface area contributed by atoms with Gasteiger partial charge in [0.2, 0.25) is 0 Å². The Bertz CT molecular complexity index is 435. The van der Waals surface area contributed by atoms with Crippen molar-refractivity contribution in [2.75, 3.05) is 6.54 Å². The Morgan fingerprint density at radius 1 is 1.24 bits per heavy atom. The van der Waals surface area contributed by atoms with E-state index in [1.54, 1.807) is 0 Å². The van der Waals surface area contributed by atoms with Crippen molar-refractivity contribution in [2.45, 2.75) is 65.0 Å². The van der Waals surface area contributed by atoms with E-state index in [4.69, 9.17) is 4.74 Å². The van der Waals surface area contributed by atoms with E-state index < -0.39 is 0 Å². The molecule has 21 heavy (non-hydrogen) atoms. The fourth-order valence-corrected chi connectivity index (χ4v) is 3.67. The smallest absolute Gasteiger partial charge is 0.138 e. The maximum absolute atomic E-state index is 6.46. The van der Waals surface area contributed by atoms with Gasteiger partial charge in [-0.25, -0.2) is 0 Å². The van der Waals surface area contributed by atoms with Crippen molar-refractivity contribution >= 4 is 15.9 Å². The lowest BCUT2D eigenvalue weighted by atomic mass is 9.84. The van der Waals surface area contributed by atoms with Crippen molar-refractivity contribution in [1.82, 2.24) is 5.32 Å². The largest absolute Gasteiger partial charge is 0.489 e. The van der Waals surface area contributed by atoms with Gasteiger partial charge in [0.05, 0.1) is 4.47 Å². The summed E-state index contributed by atoms with van der Waals surface area (Å²) in [5, 5.41) is 3.48. The summed E-state index contributed by atoms with van der Waals surface area (Å²) in [6.07, 6.45) is 7.93. The van der Waals surface area contributed by atoms with Crippen LogP contribution in [-0.4, -0.2) is 12.6 Å². The van der Waals surface area contributed by atoms with E-state index in [0.717, 1.165) is 29.7 Å². The van der Waals surface area contributed by atoms with Gasteiger partial charge in [0.25, 0.3) is 0 Å². The molecule has 1 aromatic rings. The van der Waals surface area contributed by atoms with Gasteiger partial charge in [-0.2, -0.15) is 0 Å². The predicted octanol–water partition coefficient (Wildman–Crippen LogP) is 5.30. The van der Waals surface area contributed by atoms with Crippen LogP contribution in [0.1, 0.15) is 57.9 Å². The SMILES string of the molecule is CCCNCc1cccc(Br)c1OC1CCCCC1CC. The fourth-order valence-electron chi connectivity index (χ4n) is 3.17. The van der Waals surface area contributed by atoms with Crippen LogP contribution in [-0.2, 0) is 6.54 Å². The Morgan fingerprint density at radius 2 is 2.05 bits per heavy atom. The predicted molar refractivity (Wildman–Crippen MR) is 92.8 cm³/mol. The summed E-state index contributed by atoms with van der Waals surface area (Å²) >= 11 is 3.67. The number of hydrogen-bond donors (Lipinski definition) is 1. The number of benzene rings is 1. The number of rotatable bonds is 7. The molecule has 0 spiro atoms. The zero-order valence-corrected chi connectivity index (χ0v) is 14.9. The van der Waals surface area contributed by atoms with Crippen LogP contribution >= 0.6 is 15.9 Å². The molecule has 2 nitrogen and oxygen atoms in total. The summed E-state index contributed by atoms with van der Waals surface area (Å²) in [7, 11) is 0. The van der Waals surface area contributed by atoms with Crippen LogP contribution in [0.2, 0.25) is 0 Å². The lowest BCUT2D eigenvalue weighted by Crippen LogP contribution is -2.30. The van der Waals surface area contributed by atoms with Crippen molar-refractivity contribution in [3.05, 3.63) is 28.2 Å². The van der Waals surface area contributed by atoms with Gasteiger partial charge in [0.1, 0.15) is 11.9 Å². The van der Waals surface area contributed by atoms with E-state index in [1.807, 2.05) is 0 Å². The molecule has 1 N–H and O–H groups in total. The summed E-state index contributed by atoms with van der Waals surface area (Å²) in [6, 6.07) is 6.35. The average Bonchev–Trinajstić information content (AvgIpc) is 2.51. The minimum absolute atomic E-state index is 0.382. The summed E-state index contributed by atoms with van der Waals surface area (Å²) in [5.74, 6) is 1.76. The molecule has 1 aromatic carbocycles. The first-order valence-electron chi connectivity index (χ1n) is 8.41. The van der Waals surface area contributed by atoms with E-state index in [-0.39, 0.29) is 0 Å². The van der Waals surface area contributed by atoms with Crippen LogP contribution in [0, 0.1) is 5.92 Å². The standard InChI is InChI=1S/C18H28BrNO/c1-3-12-20-13-15-9-7-10-16(19)18(15)21-17-11-6-5-8-14(17)4-2/h7,9-10,14,17,20H,3-6,8,11-13H2,1-2H3.